The summed E-state index contributed by atoms with van der Waals surface area (Å²) in [5.41, 5.74) is -1.42. The highest BCUT2D eigenvalue weighted by Crippen LogP contribution is 2.27. The Morgan fingerprint density at radius 2 is 0.630 bits per heavy atom. The number of ether oxygens (including phenoxy) is 9. The van der Waals surface area contributed by atoms with E-state index in [4.69, 9.17) is 42.6 Å². The van der Waals surface area contributed by atoms with Crippen molar-refractivity contribution < 1.29 is 146 Å². The second-order valence-electron chi connectivity index (χ2n) is 30.8. The normalized spacial score (nSPS) is 25.0. The molecule has 0 unspecified atom stereocenters. The first-order valence-electron chi connectivity index (χ1n) is 42.2. The lowest BCUT2D eigenvalue weighted by Crippen LogP contribution is -2.64. The Morgan fingerprint density at radius 3 is 0.916 bits per heavy atom. The summed E-state index contributed by atoms with van der Waals surface area (Å²) in [6.45, 7) is 4.68. The predicted molar refractivity (Wildman–Crippen MR) is 423 cm³/mol. The summed E-state index contributed by atoms with van der Waals surface area (Å²) in [6, 6.07) is -3.26. The Kier molecular flexibility index (Phi) is 52.8. The van der Waals surface area contributed by atoms with Crippen molar-refractivity contribution in [3.05, 3.63) is 0 Å². The highest BCUT2D eigenvalue weighted by Gasteiger charge is 2.48. The molecule has 41 nitrogen and oxygen atoms in total. The van der Waals surface area contributed by atoms with Crippen LogP contribution < -0.4 is 53.2 Å². The highest BCUT2D eigenvalue weighted by molar-refractivity contribution is 5.79. The van der Waals surface area contributed by atoms with Gasteiger partial charge in [-0.3, -0.25) is 52.7 Å². The van der Waals surface area contributed by atoms with Crippen molar-refractivity contribution in [2.24, 2.45) is 0 Å². The molecule has 119 heavy (non-hydrogen) atoms. The molecule has 0 aromatic carbocycles. The fourth-order valence-corrected chi connectivity index (χ4v) is 13.8. The van der Waals surface area contributed by atoms with Crippen LogP contribution in [0, 0.1) is 0 Å². The molecule has 4 heterocycles. The maximum atomic E-state index is 14.0. The van der Waals surface area contributed by atoms with E-state index in [1.807, 2.05) is 6.92 Å². The van der Waals surface area contributed by atoms with Crippen molar-refractivity contribution in [3.63, 3.8) is 0 Å². The van der Waals surface area contributed by atoms with Gasteiger partial charge in [-0.05, 0) is 84.0 Å². The Balaban J connectivity index is 1.29. The van der Waals surface area contributed by atoms with Crippen molar-refractivity contribution in [2.75, 3.05) is 125 Å². The number of likely N-dealkylation sites (tertiary alicyclic amines) is 1. The first-order chi connectivity index (χ1) is 57.0. The van der Waals surface area contributed by atoms with Crippen LogP contribution in [0.2, 0.25) is 0 Å². The summed E-state index contributed by atoms with van der Waals surface area (Å²) in [7, 11) is 0. The minimum Gasteiger partial charge on any atom is -0.394 e. The van der Waals surface area contributed by atoms with E-state index in [0.29, 0.717) is 83.6 Å². The van der Waals surface area contributed by atoms with Crippen LogP contribution >= 0.6 is 0 Å². The minimum absolute atomic E-state index is 0.0269. The molecule has 11 amide bonds. The predicted octanol–water partition coefficient (Wildman–Crippen LogP) is -4.80. The molecule has 41 heteroatoms. The number of rotatable bonds is 63. The highest BCUT2D eigenvalue weighted by atomic mass is 16.7. The number of aliphatic hydroxyl groups excluding tert-OH is 10. The lowest BCUT2D eigenvalue weighted by atomic mass is 9.97. The van der Waals surface area contributed by atoms with E-state index in [0.717, 1.165) is 44.9 Å². The van der Waals surface area contributed by atoms with E-state index >= 15 is 0 Å². The second kappa shape index (κ2) is 60.0. The van der Waals surface area contributed by atoms with Gasteiger partial charge in [0, 0.05) is 144 Å². The van der Waals surface area contributed by atoms with Gasteiger partial charge in [0.05, 0.1) is 65.6 Å². The molecule has 0 saturated carbocycles. The van der Waals surface area contributed by atoms with Gasteiger partial charge in [-0.25, -0.2) is 0 Å². The van der Waals surface area contributed by atoms with Crippen molar-refractivity contribution >= 4 is 65.0 Å². The summed E-state index contributed by atoms with van der Waals surface area (Å²) < 4.78 is 52.2. The van der Waals surface area contributed by atoms with Gasteiger partial charge in [-0.1, -0.05) is 38.5 Å². The Labute approximate surface area is 696 Å². The standard InChI is InChI=1S/C78H139N11O30/c1-50-42-54(96)43-89(50)65(104)26-12-10-8-6-5-7-9-11-25-64(103)88-78(47-111-39-27-61(100)82-33-19-30-79-58(97)22-13-16-36-114-75-66(85-51(2)93)72(108)69(105)55(44-90)117-75,48-112-40-28-62(101)83-34-20-31-80-59(98)23-14-17-37-115-76-67(86-52(3)94)73(109)70(106)56(45-91)118-76)49-113-41-29-63(102)84-35-21-32-81-60(99)24-15-18-38-116-77-68(87-53(4)95)74(110)71(107)57(46-92)119-77/h50,54-57,66-77,90-92,96,105-110H,5-49H2,1-4H3,(H,79,97)(H,80,98)(H,81,99)(H,82,100)(H,83,101)(H,84,102)(H,85,93)(H,86,94)(H,87,95)(H,88,103)/t50-,54-,55-,56+,57+,66-,67+,68+,69+,70-,71-,72-,73+,74+,75-,76+,77+/m1/s1. The number of hydrogen-bond donors (Lipinski definition) is 20. The van der Waals surface area contributed by atoms with Crippen LogP contribution in [0.25, 0.3) is 0 Å². The average molecular weight is 1710 g/mol. The maximum Gasteiger partial charge on any atom is 0.222 e. The number of unbranched alkanes of at least 4 members (excludes halogenated alkanes) is 10. The van der Waals surface area contributed by atoms with Crippen LogP contribution in [0.5, 0.6) is 0 Å². The molecular weight excluding hydrogens is 1570 g/mol. The van der Waals surface area contributed by atoms with Crippen LogP contribution in [-0.2, 0) is 95.4 Å². The smallest absolute Gasteiger partial charge is 0.222 e. The molecule has 4 rings (SSSR count). The summed E-state index contributed by atoms with van der Waals surface area (Å²) in [4.78, 5) is 141. The number of β-amino-alcohol motifs (C(OH)–C–C–N with tert-alkyl or cyclic N) is 1. The fourth-order valence-electron chi connectivity index (χ4n) is 13.8. The van der Waals surface area contributed by atoms with Crippen molar-refractivity contribution in [2.45, 2.75) is 304 Å². The zero-order chi connectivity index (χ0) is 87.5. The Hall–Kier alpha value is -6.59. The molecule has 17 atom stereocenters. The van der Waals surface area contributed by atoms with Crippen LogP contribution in [0.4, 0.5) is 0 Å². The Bertz CT molecular complexity index is 2730. The zero-order valence-corrected chi connectivity index (χ0v) is 69.7. The van der Waals surface area contributed by atoms with E-state index in [9.17, 15) is 104 Å². The number of nitrogens with one attached hydrogen (secondary N) is 10. The molecule has 0 radical (unpaired) electrons. The number of aliphatic hydroxyl groups is 10. The molecule has 0 aliphatic carbocycles. The molecule has 0 aromatic rings. The summed E-state index contributed by atoms with van der Waals surface area (Å²) >= 11 is 0. The van der Waals surface area contributed by atoms with Crippen LogP contribution in [0.15, 0.2) is 0 Å². The van der Waals surface area contributed by atoms with Crippen LogP contribution in [0.3, 0.4) is 0 Å². The second-order valence-corrected chi connectivity index (χ2v) is 30.8. The molecule has 4 saturated heterocycles. The first-order valence-corrected chi connectivity index (χ1v) is 42.2. The molecule has 20 N–H and O–H groups in total. The third kappa shape index (κ3) is 42.4. The Morgan fingerprint density at radius 1 is 0.353 bits per heavy atom. The first kappa shape index (κ1) is 105. The van der Waals surface area contributed by atoms with E-state index in [-0.39, 0.29) is 197 Å². The van der Waals surface area contributed by atoms with Crippen molar-refractivity contribution in [1.82, 2.24) is 58.1 Å². The third-order valence-electron chi connectivity index (χ3n) is 20.4. The van der Waals surface area contributed by atoms with Gasteiger partial charge >= 0.3 is 0 Å². The van der Waals surface area contributed by atoms with Gasteiger partial charge in [0.15, 0.2) is 18.9 Å². The number of amides is 11. The van der Waals surface area contributed by atoms with Gasteiger partial charge in [0.2, 0.25) is 65.0 Å². The van der Waals surface area contributed by atoms with Crippen molar-refractivity contribution in [3.8, 4) is 0 Å². The van der Waals surface area contributed by atoms with E-state index in [2.05, 4.69) is 53.2 Å². The van der Waals surface area contributed by atoms with Crippen LogP contribution in [-0.4, -0.2) is 356 Å². The lowest BCUT2D eigenvalue weighted by Gasteiger charge is -2.42. The third-order valence-corrected chi connectivity index (χ3v) is 20.4. The molecule has 4 aliphatic heterocycles. The number of carbonyl (C=O) groups is 11. The molecule has 0 bridgehead atoms. The quantitative estimate of drug-likeness (QED) is 0.0254. The van der Waals surface area contributed by atoms with Crippen molar-refractivity contribution in [1.29, 1.82) is 0 Å². The lowest BCUT2D eigenvalue weighted by molar-refractivity contribution is -0.270. The summed E-state index contributed by atoms with van der Waals surface area (Å²) in [6.07, 6.45) is -4.77. The summed E-state index contributed by atoms with van der Waals surface area (Å²) in [5.74, 6) is -3.66. The molecule has 686 valence electrons. The molecule has 0 aromatic heterocycles. The largest absolute Gasteiger partial charge is 0.394 e. The van der Waals surface area contributed by atoms with Gasteiger partial charge in [-0.2, -0.15) is 0 Å². The average Bonchev–Trinajstić information content (AvgIpc) is 1.51. The van der Waals surface area contributed by atoms with E-state index in [1.54, 1.807) is 4.90 Å². The summed E-state index contributed by atoms with van der Waals surface area (Å²) in [5, 5.41) is 128. The molecule has 4 fully saturated rings. The van der Waals surface area contributed by atoms with Crippen LogP contribution in [0.1, 0.15) is 195 Å². The molecule has 4 aliphatic rings. The topological polar surface area (TPSA) is 597 Å². The zero-order valence-electron chi connectivity index (χ0n) is 69.7. The van der Waals surface area contributed by atoms with E-state index < -0.39 is 141 Å². The monoisotopic (exact) mass is 1710 g/mol. The molecular formula is C78H139N11O30. The number of hydrogen-bond acceptors (Lipinski definition) is 30. The van der Waals surface area contributed by atoms with Gasteiger partial charge in [-0.15, -0.1) is 0 Å². The van der Waals surface area contributed by atoms with Gasteiger partial charge in [0.25, 0.3) is 0 Å². The van der Waals surface area contributed by atoms with Gasteiger partial charge < -0.3 is 152 Å². The number of carbonyl (C=O) groups excluding carboxylic acids is 11. The van der Waals surface area contributed by atoms with E-state index in [1.165, 1.54) is 20.8 Å². The maximum absolute atomic E-state index is 14.0. The fraction of sp³-hybridized carbons (Fsp3) is 0.859. The SMILES string of the molecule is CC(=O)N[C@@H]1[C@@H](OCCCCC(=O)NCCCNC(=O)CCOCC(COCCC(=O)NCCCNC(=O)CCCCO[C@H]2O[C@@H](CO)[C@@H](O)[C@@H](O)[C@@H]2NC(C)=O)(COCCC(=O)NCCCNC(=O)CCCCO[C@@H]2O[C@H](CO)[C@H](O)[C@H](O)[C@H]2NC(C)=O)NC(=O)CCCCCCCCCCC(=O)N2C[C@H](O)C[C@H]2C)O[C@@H](CO)[C@@H](O)[C@H]1O. The number of nitrogens with zero attached hydrogens (tertiary/aromatic N) is 1. The minimum atomic E-state index is -1.46. The molecule has 0 spiro atoms. The van der Waals surface area contributed by atoms with Gasteiger partial charge in [0.1, 0.15) is 78.6 Å².